The molecule has 1 aliphatic heterocycles. The van der Waals surface area contributed by atoms with Gasteiger partial charge in [0.1, 0.15) is 5.75 Å². The number of aliphatic carboxylic acids is 1. The number of carboxylic acids is 1. The average Bonchev–Trinajstić information content (AvgIpc) is 2.97. The number of amides is 2. The van der Waals surface area contributed by atoms with Crippen molar-refractivity contribution in [3.8, 4) is 5.75 Å². The molecule has 0 spiro atoms. The molecule has 2 unspecified atom stereocenters. The van der Waals surface area contributed by atoms with Crippen LogP contribution >= 0.6 is 15.9 Å². The number of methoxy groups -OCH3 is 1. The Balaban J connectivity index is 2.01. The van der Waals surface area contributed by atoms with Crippen LogP contribution in [-0.2, 0) is 4.79 Å². The molecule has 2 amide bonds. The van der Waals surface area contributed by atoms with E-state index in [0.717, 1.165) is 10.0 Å². The van der Waals surface area contributed by atoms with Crippen LogP contribution in [0.3, 0.4) is 0 Å². The zero-order chi connectivity index (χ0) is 16.3. The molecular weight excluding hydrogens is 352 g/mol. The Bertz CT molecular complexity index is 579. The fraction of sp³-hybridized carbons (Fsp3) is 0.467. The maximum atomic E-state index is 12.2. The number of rotatable bonds is 4. The summed E-state index contributed by atoms with van der Waals surface area (Å²) in [6, 6.07) is 5.13. The molecule has 0 radical (unpaired) electrons. The molecule has 0 saturated carbocycles. The lowest BCUT2D eigenvalue weighted by Gasteiger charge is -2.22. The van der Waals surface area contributed by atoms with Crippen LogP contribution in [-0.4, -0.2) is 42.2 Å². The number of hydrogen-bond acceptors (Lipinski definition) is 3. The van der Waals surface area contributed by atoms with Crippen LogP contribution in [0.15, 0.2) is 22.7 Å². The van der Waals surface area contributed by atoms with Crippen molar-refractivity contribution in [1.82, 2.24) is 10.2 Å². The minimum atomic E-state index is -0.849. The highest BCUT2D eigenvalue weighted by Crippen LogP contribution is 2.28. The van der Waals surface area contributed by atoms with Gasteiger partial charge in [-0.25, -0.2) is 4.79 Å². The van der Waals surface area contributed by atoms with E-state index in [0.29, 0.717) is 18.7 Å². The van der Waals surface area contributed by atoms with Gasteiger partial charge in [0.25, 0.3) is 0 Å². The Morgan fingerprint density at radius 1 is 1.50 bits per heavy atom. The SMILES string of the molecule is COc1cc(Br)ccc1C(C)NC(=O)N1CCC(C(=O)O)C1. The van der Waals surface area contributed by atoms with Gasteiger partial charge in [0.15, 0.2) is 0 Å². The van der Waals surface area contributed by atoms with Crippen molar-refractivity contribution in [3.05, 3.63) is 28.2 Å². The van der Waals surface area contributed by atoms with E-state index in [1.54, 1.807) is 12.0 Å². The molecule has 22 heavy (non-hydrogen) atoms. The molecule has 1 saturated heterocycles. The van der Waals surface area contributed by atoms with Crippen molar-refractivity contribution in [3.63, 3.8) is 0 Å². The number of nitrogens with zero attached hydrogens (tertiary/aromatic N) is 1. The number of carbonyl (C=O) groups is 2. The second kappa shape index (κ2) is 7.00. The molecule has 0 bridgehead atoms. The molecule has 1 aliphatic rings. The third-order valence-electron chi connectivity index (χ3n) is 3.83. The van der Waals surface area contributed by atoms with Crippen molar-refractivity contribution in [1.29, 1.82) is 0 Å². The summed E-state index contributed by atoms with van der Waals surface area (Å²) in [7, 11) is 1.58. The Morgan fingerprint density at radius 2 is 2.23 bits per heavy atom. The summed E-state index contributed by atoms with van der Waals surface area (Å²) < 4.78 is 6.23. The Morgan fingerprint density at radius 3 is 2.82 bits per heavy atom. The summed E-state index contributed by atoms with van der Waals surface area (Å²) in [6.45, 7) is 2.59. The summed E-state index contributed by atoms with van der Waals surface area (Å²) in [5.74, 6) is -0.631. The molecule has 0 aliphatic carbocycles. The number of hydrogen-bond donors (Lipinski definition) is 2. The smallest absolute Gasteiger partial charge is 0.317 e. The number of carbonyl (C=O) groups excluding carboxylic acids is 1. The normalized spacial score (nSPS) is 18.9. The molecule has 2 N–H and O–H groups in total. The van der Waals surface area contributed by atoms with Crippen molar-refractivity contribution in [2.75, 3.05) is 20.2 Å². The first-order chi connectivity index (χ1) is 10.4. The monoisotopic (exact) mass is 370 g/mol. The summed E-state index contributed by atoms with van der Waals surface area (Å²) in [4.78, 5) is 24.7. The number of carboxylic acid groups (broad SMARTS) is 1. The molecular formula is C15H19BrN2O4. The average molecular weight is 371 g/mol. The standard InChI is InChI=1S/C15H19BrN2O4/c1-9(12-4-3-11(16)7-13(12)22-2)17-15(21)18-6-5-10(8-18)14(19)20/h3-4,7,9-10H,5-6,8H2,1-2H3,(H,17,21)(H,19,20). The molecule has 2 rings (SSSR count). The Hall–Kier alpha value is -1.76. The van der Waals surface area contributed by atoms with Crippen LogP contribution in [0.5, 0.6) is 5.75 Å². The van der Waals surface area contributed by atoms with Crippen molar-refractivity contribution < 1.29 is 19.4 Å². The molecule has 0 aromatic heterocycles. The van der Waals surface area contributed by atoms with Crippen LogP contribution in [0.4, 0.5) is 4.79 Å². The number of ether oxygens (including phenoxy) is 1. The van der Waals surface area contributed by atoms with Gasteiger partial charge < -0.3 is 20.1 Å². The maximum absolute atomic E-state index is 12.2. The first-order valence-corrected chi connectivity index (χ1v) is 7.83. The van der Waals surface area contributed by atoms with Gasteiger partial charge in [-0.2, -0.15) is 0 Å². The van der Waals surface area contributed by atoms with Crippen molar-refractivity contribution >= 4 is 27.9 Å². The first kappa shape index (κ1) is 16.6. The zero-order valence-corrected chi connectivity index (χ0v) is 14.1. The minimum Gasteiger partial charge on any atom is -0.496 e. The third kappa shape index (κ3) is 3.71. The van der Waals surface area contributed by atoms with E-state index in [1.807, 2.05) is 25.1 Å². The van der Waals surface area contributed by atoms with Gasteiger partial charge in [-0.3, -0.25) is 4.79 Å². The zero-order valence-electron chi connectivity index (χ0n) is 12.5. The van der Waals surface area contributed by atoms with Crippen LogP contribution in [0.2, 0.25) is 0 Å². The Labute approximate surface area is 137 Å². The lowest BCUT2D eigenvalue weighted by atomic mass is 10.1. The van der Waals surface area contributed by atoms with Gasteiger partial charge in [-0.1, -0.05) is 22.0 Å². The molecule has 120 valence electrons. The summed E-state index contributed by atoms with van der Waals surface area (Å²) >= 11 is 3.38. The Kier molecular flexibility index (Phi) is 5.28. The molecule has 6 nitrogen and oxygen atoms in total. The molecule has 1 aromatic carbocycles. The highest BCUT2D eigenvalue weighted by molar-refractivity contribution is 9.10. The van der Waals surface area contributed by atoms with Crippen LogP contribution < -0.4 is 10.1 Å². The second-order valence-electron chi connectivity index (χ2n) is 5.33. The van der Waals surface area contributed by atoms with Crippen molar-refractivity contribution in [2.24, 2.45) is 5.92 Å². The third-order valence-corrected chi connectivity index (χ3v) is 4.32. The predicted octanol–water partition coefficient (Wildman–Crippen LogP) is 2.63. The van der Waals surface area contributed by atoms with Crippen molar-refractivity contribution in [2.45, 2.75) is 19.4 Å². The minimum absolute atomic E-state index is 0.237. The molecule has 1 heterocycles. The van der Waals surface area contributed by atoms with Gasteiger partial charge >= 0.3 is 12.0 Å². The fourth-order valence-corrected chi connectivity index (χ4v) is 2.88. The van der Waals surface area contributed by atoms with Gasteiger partial charge in [0, 0.05) is 23.1 Å². The number of nitrogens with one attached hydrogen (secondary N) is 1. The molecule has 1 fully saturated rings. The van der Waals surface area contributed by atoms with Crippen LogP contribution in [0.1, 0.15) is 24.9 Å². The summed E-state index contributed by atoms with van der Waals surface area (Å²) in [5.41, 5.74) is 0.869. The lowest BCUT2D eigenvalue weighted by Crippen LogP contribution is -2.40. The maximum Gasteiger partial charge on any atom is 0.317 e. The predicted molar refractivity (Wildman–Crippen MR) is 85.0 cm³/mol. The highest BCUT2D eigenvalue weighted by Gasteiger charge is 2.31. The molecule has 7 heteroatoms. The van der Waals surface area contributed by atoms with Gasteiger partial charge in [0.2, 0.25) is 0 Å². The van der Waals surface area contributed by atoms with E-state index >= 15 is 0 Å². The van der Waals surface area contributed by atoms with Gasteiger partial charge in [0.05, 0.1) is 19.1 Å². The molecule has 2 atom stereocenters. The van der Waals surface area contributed by atoms with E-state index in [-0.39, 0.29) is 18.6 Å². The van der Waals surface area contributed by atoms with Crippen LogP contribution in [0, 0.1) is 5.92 Å². The summed E-state index contributed by atoms with van der Waals surface area (Å²) in [5, 5.41) is 11.9. The highest BCUT2D eigenvalue weighted by atomic mass is 79.9. The fourth-order valence-electron chi connectivity index (χ4n) is 2.54. The number of halogens is 1. The van der Waals surface area contributed by atoms with E-state index in [1.165, 1.54) is 0 Å². The van der Waals surface area contributed by atoms with Gasteiger partial charge in [-0.15, -0.1) is 0 Å². The number of likely N-dealkylation sites (tertiary alicyclic amines) is 1. The van der Waals surface area contributed by atoms with E-state index < -0.39 is 11.9 Å². The first-order valence-electron chi connectivity index (χ1n) is 7.04. The lowest BCUT2D eigenvalue weighted by molar-refractivity contribution is -0.141. The molecule has 1 aromatic rings. The second-order valence-corrected chi connectivity index (χ2v) is 6.24. The van der Waals surface area contributed by atoms with E-state index in [4.69, 9.17) is 9.84 Å². The summed E-state index contributed by atoms with van der Waals surface area (Å²) in [6.07, 6.45) is 0.499. The van der Waals surface area contributed by atoms with E-state index in [2.05, 4.69) is 21.2 Å². The number of urea groups is 1. The largest absolute Gasteiger partial charge is 0.496 e. The number of benzene rings is 1. The topological polar surface area (TPSA) is 78.9 Å². The van der Waals surface area contributed by atoms with Crippen LogP contribution in [0.25, 0.3) is 0 Å². The van der Waals surface area contributed by atoms with E-state index in [9.17, 15) is 9.59 Å². The quantitative estimate of drug-likeness (QED) is 0.853. The van der Waals surface area contributed by atoms with Gasteiger partial charge in [-0.05, 0) is 25.5 Å².